The normalized spacial score (nSPS) is 11.7. The Labute approximate surface area is 125 Å². The van der Waals surface area contributed by atoms with E-state index in [4.69, 9.17) is 10.7 Å². The topological polar surface area (TPSA) is 42.2 Å². The molecule has 0 radical (unpaired) electrons. The van der Waals surface area contributed by atoms with Crippen LogP contribution in [0.1, 0.15) is 36.9 Å². The summed E-state index contributed by atoms with van der Waals surface area (Å²) in [5, 5.41) is 0.999. The molecule has 0 saturated heterocycles. The number of aromatic nitrogens is 1. The van der Waals surface area contributed by atoms with Crippen molar-refractivity contribution in [2.45, 2.75) is 39.7 Å². The average molecular weight is 289 g/mol. The Morgan fingerprint density at radius 1 is 1.20 bits per heavy atom. The van der Waals surface area contributed by atoms with E-state index in [0.29, 0.717) is 6.54 Å². The predicted octanol–water partition coefficient (Wildman–Crippen LogP) is 3.98. The third-order valence-corrected chi connectivity index (χ3v) is 4.44. The second-order valence-corrected chi connectivity index (χ2v) is 7.18. The van der Waals surface area contributed by atoms with Gasteiger partial charge in [-0.15, -0.1) is 0 Å². The standard InChI is InChI=1S/C16H23N3S/c1-11-6-8-12(9-7-11)19(5)15-18-14(16(2,3)4)13(10-17)20-15/h6-9H,10,17H2,1-5H3. The van der Waals surface area contributed by atoms with Gasteiger partial charge in [-0.2, -0.15) is 0 Å². The van der Waals surface area contributed by atoms with E-state index in [1.165, 1.54) is 10.4 Å². The molecule has 0 fully saturated rings. The van der Waals surface area contributed by atoms with Gasteiger partial charge in [0.05, 0.1) is 5.69 Å². The maximum Gasteiger partial charge on any atom is 0.190 e. The minimum atomic E-state index is 0.0254. The van der Waals surface area contributed by atoms with Gasteiger partial charge >= 0.3 is 0 Å². The molecule has 0 atom stereocenters. The van der Waals surface area contributed by atoms with Crippen LogP contribution in [0.3, 0.4) is 0 Å². The molecule has 3 nitrogen and oxygen atoms in total. The largest absolute Gasteiger partial charge is 0.326 e. The summed E-state index contributed by atoms with van der Waals surface area (Å²) >= 11 is 1.68. The van der Waals surface area contributed by atoms with Gasteiger partial charge < -0.3 is 10.6 Å². The first-order valence-electron chi connectivity index (χ1n) is 6.83. The third-order valence-electron chi connectivity index (χ3n) is 3.29. The van der Waals surface area contributed by atoms with Crippen LogP contribution in [0.4, 0.5) is 10.8 Å². The Bertz CT molecular complexity index is 579. The van der Waals surface area contributed by atoms with E-state index in [9.17, 15) is 0 Å². The van der Waals surface area contributed by atoms with E-state index >= 15 is 0 Å². The zero-order valence-corrected chi connectivity index (χ0v) is 13.7. The van der Waals surface area contributed by atoms with E-state index in [2.05, 4.69) is 63.9 Å². The van der Waals surface area contributed by atoms with Crippen molar-refractivity contribution in [1.82, 2.24) is 4.98 Å². The lowest BCUT2D eigenvalue weighted by Crippen LogP contribution is -2.16. The minimum absolute atomic E-state index is 0.0254. The summed E-state index contributed by atoms with van der Waals surface area (Å²) in [6.07, 6.45) is 0. The maximum atomic E-state index is 5.87. The van der Waals surface area contributed by atoms with Crippen LogP contribution in [0, 0.1) is 6.92 Å². The van der Waals surface area contributed by atoms with Crippen molar-refractivity contribution >= 4 is 22.2 Å². The highest BCUT2D eigenvalue weighted by Crippen LogP contribution is 2.35. The molecule has 0 spiro atoms. The molecule has 2 aromatic rings. The van der Waals surface area contributed by atoms with Crippen LogP contribution in [0.2, 0.25) is 0 Å². The van der Waals surface area contributed by atoms with Gasteiger partial charge in [-0.1, -0.05) is 49.8 Å². The van der Waals surface area contributed by atoms with Crippen molar-refractivity contribution in [3.05, 3.63) is 40.4 Å². The molecule has 108 valence electrons. The molecule has 1 aromatic carbocycles. The summed E-state index contributed by atoms with van der Waals surface area (Å²) in [5.41, 5.74) is 9.42. The SMILES string of the molecule is Cc1ccc(N(C)c2nc(C(C)(C)C)c(CN)s2)cc1. The molecular formula is C16H23N3S. The van der Waals surface area contributed by atoms with E-state index in [-0.39, 0.29) is 5.41 Å². The van der Waals surface area contributed by atoms with Crippen molar-refractivity contribution in [1.29, 1.82) is 0 Å². The first kappa shape index (κ1) is 15.0. The van der Waals surface area contributed by atoms with Gasteiger partial charge in [-0.05, 0) is 19.1 Å². The smallest absolute Gasteiger partial charge is 0.190 e. The van der Waals surface area contributed by atoms with Crippen molar-refractivity contribution < 1.29 is 0 Å². The van der Waals surface area contributed by atoms with Gasteiger partial charge in [0, 0.05) is 29.6 Å². The summed E-state index contributed by atoms with van der Waals surface area (Å²) in [7, 11) is 2.05. The lowest BCUT2D eigenvalue weighted by molar-refractivity contribution is 0.566. The zero-order chi connectivity index (χ0) is 14.9. The predicted molar refractivity (Wildman–Crippen MR) is 87.9 cm³/mol. The van der Waals surface area contributed by atoms with E-state index in [1.807, 2.05) is 0 Å². The molecule has 0 saturated carbocycles. The fourth-order valence-corrected chi connectivity index (χ4v) is 3.22. The highest BCUT2D eigenvalue weighted by molar-refractivity contribution is 7.15. The van der Waals surface area contributed by atoms with E-state index in [1.54, 1.807) is 11.3 Å². The molecular weight excluding hydrogens is 266 g/mol. The molecule has 0 bridgehead atoms. The van der Waals surface area contributed by atoms with Crippen LogP contribution in [0.25, 0.3) is 0 Å². The second kappa shape index (κ2) is 5.54. The van der Waals surface area contributed by atoms with Crippen molar-refractivity contribution in [2.24, 2.45) is 5.73 Å². The summed E-state index contributed by atoms with van der Waals surface area (Å²) in [5.74, 6) is 0. The van der Waals surface area contributed by atoms with Crippen molar-refractivity contribution in [2.75, 3.05) is 11.9 Å². The van der Waals surface area contributed by atoms with Gasteiger partial charge in [0.1, 0.15) is 0 Å². The van der Waals surface area contributed by atoms with Gasteiger partial charge in [-0.3, -0.25) is 0 Å². The van der Waals surface area contributed by atoms with Crippen LogP contribution < -0.4 is 10.6 Å². The van der Waals surface area contributed by atoms with Crippen LogP contribution in [-0.2, 0) is 12.0 Å². The lowest BCUT2D eigenvalue weighted by Gasteiger charge is -2.18. The molecule has 4 heteroatoms. The Morgan fingerprint density at radius 2 is 1.80 bits per heavy atom. The number of hydrogen-bond acceptors (Lipinski definition) is 4. The molecule has 2 N–H and O–H groups in total. The number of rotatable bonds is 3. The van der Waals surface area contributed by atoms with Crippen LogP contribution in [0.15, 0.2) is 24.3 Å². The third kappa shape index (κ3) is 3.02. The minimum Gasteiger partial charge on any atom is -0.326 e. The summed E-state index contributed by atoms with van der Waals surface area (Å²) in [4.78, 5) is 8.11. The molecule has 0 aliphatic heterocycles. The molecule has 0 amide bonds. The average Bonchev–Trinajstić information content (AvgIpc) is 2.83. The summed E-state index contributed by atoms with van der Waals surface area (Å²) < 4.78 is 0. The Hall–Kier alpha value is -1.39. The molecule has 0 unspecified atom stereocenters. The Morgan fingerprint density at radius 3 is 2.25 bits per heavy atom. The first-order valence-corrected chi connectivity index (χ1v) is 7.65. The van der Waals surface area contributed by atoms with Crippen LogP contribution in [-0.4, -0.2) is 12.0 Å². The van der Waals surface area contributed by atoms with E-state index < -0.39 is 0 Å². The Balaban J connectivity index is 2.38. The maximum absolute atomic E-state index is 5.87. The molecule has 1 aromatic heterocycles. The van der Waals surface area contributed by atoms with Crippen LogP contribution in [0.5, 0.6) is 0 Å². The number of hydrogen-bond donors (Lipinski definition) is 1. The van der Waals surface area contributed by atoms with Crippen LogP contribution >= 0.6 is 11.3 Å². The van der Waals surface area contributed by atoms with Gasteiger partial charge in [0.15, 0.2) is 5.13 Å². The summed E-state index contributed by atoms with van der Waals surface area (Å²) in [6.45, 7) is 9.17. The summed E-state index contributed by atoms with van der Waals surface area (Å²) in [6, 6.07) is 8.48. The monoisotopic (exact) mass is 289 g/mol. The van der Waals surface area contributed by atoms with E-state index in [0.717, 1.165) is 16.5 Å². The molecule has 20 heavy (non-hydrogen) atoms. The number of anilines is 2. The molecule has 1 heterocycles. The molecule has 2 rings (SSSR count). The zero-order valence-electron chi connectivity index (χ0n) is 12.9. The highest BCUT2D eigenvalue weighted by Gasteiger charge is 2.23. The lowest BCUT2D eigenvalue weighted by atomic mass is 9.91. The molecule has 0 aliphatic carbocycles. The second-order valence-electron chi connectivity index (χ2n) is 6.12. The first-order chi connectivity index (χ1) is 9.32. The van der Waals surface area contributed by atoms with Crippen molar-refractivity contribution in [3.8, 4) is 0 Å². The molecule has 0 aliphatic rings. The van der Waals surface area contributed by atoms with Gasteiger partial charge in [0.25, 0.3) is 0 Å². The quantitative estimate of drug-likeness (QED) is 0.929. The fourth-order valence-electron chi connectivity index (χ4n) is 2.09. The number of aryl methyl sites for hydroxylation is 1. The number of benzene rings is 1. The highest BCUT2D eigenvalue weighted by atomic mass is 32.1. The number of thiazole rings is 1. The van der Waals surface area contributed by atoms with Gasteiger partial charge in [0.2, 0.25) is 0 Å². The Kier molecular flexibility index (Phi) is 4.16. The number of nitrogens with two attached hydrogens (primary N) is 1. The van der Waals surface area contributed by atoms with Crippen molar-refractivity contribution in [3.63, 3.8) is 0 Å². The number of nitrogens with zero attached hydrogens (tertiary/aromatic N) is 2. The fraction of sp³-hybridized carbons (Fsp3) is 0.438. The van der Waals surface area contributed by atoms with Gasteiger partial charge in [-0.25, -0.2) is 4.98 Å².